The van der Waals surface area contributed by atoms with Crippen LogP contribution in [0.4, 0.5) is 0 Å². The average molecular weight is 254 g/mol. The summed E-state index contributed by atoms with van der Waals surface area (Å²) in [5, 5.41) is 2.57. The molecule has 0 fully saturated rings. The lowest BCUT2D eigenvalue weighted by Crippen LogP contribution is -2.44. The summed E-state index contributed by atoms with van der Waals surface area (Å²) in [7, 11) is 0. The van der Waals surface area contributed by atoms with Gasteiger partial charge in [0.25, 0.3) is 5.91 Å². The SMILES string of the molecule is C#CCNC(=O)C(C)N1C(=C)c2ccccc2C1=O. The van der Waals surface area contributed by atoms with Crippen molar-refractivity contribution < 1.29 is 9.59 Å². The highest BCUT2D eigenvalue weighted by atomic mass is 16.2. The van der Waals surface area contributed by atoms with Crippen LogP contribution >= 0.6 is 0 Å². The van der Waals surface area contributed by atoms with Crippen LogP contribution in [0.25, 0.3) is 5.70 Å². The molecule has 1 aliphatic rings. The summed E-state index contributed by atoms with van der Waals surface area (Å²) in [4.78, 5) is 25.6. The van der Waals surface area contributed by atoms with Crippen LogP contribution < -0.4 is 5.32 Å². The van der Waals surface area contributed by atoms with Crippen molar-refractivity contribution in [1.82, 2.24) is 10.2 Å². The molecular weight excluding hydrogens is 240 g/mol. The number of fused-ring (bicyclic) bond motifs is 1. The highest BCUT2D eigenvalue weighted by molar-refractivity contribution is 6.10. The fourth-order valence-corrected chi connectivity index (χ4v) is 2.12. The molecule has 0 saturated heterocycles. The van der Waals surface area contributed by atoms with E-state index in [1.165, 1.54) is 4.90 Å². The molecule has 0 spiro atoms. The zero-order chi connectivity index (χ0) is 14.0. The summed E-state index contributed by atoms with van der Waals surface area (Å²) in [5.41, 5.74) is 1.89. The van der Waals surface area contributed by atoms with Gasteiger partial charge in [0.05, 0.1) is 6.54 Å². The number of nitrogens with one attached hydrogen (secondary N) is 1. The minimum atomic E-state index is -0.638. The molecule has 19 heavy (non-hydrogen) atoms. The van der Waals surface area contributed by atoms with Crippen LogP contribution in [-0.2, 0) is 4.79 Å². The Balaban J connectivity index is 2.25. The number of nitrogens with zero attached hydrogens (tertiary/aromatic N) is 1. The molecule has 0 saturated carbocycles. The molecule has 1 atom stereocenters. The topological polar surface area (TPSA) is 49.4 Å². The predicted octanol–water partition coefficient (Wildman–Crippen LogP) is 1.25. The normalized spacial score (nSPS) is 14.8. The molecule has 1 aromatic carbocycles. The maximum atomic E-state index is 12.3. The summed E-state index contributed by atoms with van der Waals surface area (Å²) < 4.78 is 0. The number of rotatable bonds is 3. The van der Waals surface area contributed by atoms with Gasteiger partial charge in [-0.1, -0.05) is 30.7 Å². The lowest BCUT2D eigenvalue weighted by Gasteiger charge is -2.24. The summed E-state index contributed by atoms with van der Waals surface area (Å²) in [6.45, 7) is 5.69. The molecule has 1 unspecified atom stereocenters. The Morgan fingerprint density at radius 1 is 1.47 bits per heavy atom. The zero-order valence-electron chi connectivity index (χ0n) is 10.6. The van der Waals surface area contributed by atoms with Crippen LogP contribution in [0, 0.1) is 12.3 Å². The molecule has 4 heteroatoms. The number of carbonyl (C=O) groups excluding carboxylic acids is 2. The maximum Gasteiger partial charge on any atom is 0.259 e. The molecule has 0 aliphatic carbocycles. The van der Waals surface area contributed by atoms with E-state index in [9.17, 15) is 9.59 Å². The maximum absolute atomic E-state index is 12.3. The number of terminal acetylenes is 1. The van der Waals surface area contributed by atoms with Crippen LogP contribution in [0.3, 0.4) is 0 Å². The fraction of sp³-hybridized carbons (Fsp3) is 0.200. The Morgan fingerprint density at radius 3 is 2.68 bits per heavy atom. The van der Waals surface area contributed by atoms with E-state index < -0.39 is 6.04 Å². The van der Waals surface area contributed by atoms with E-state index in [1.807, 2.05) is 12.1 Å². The fourth-order valence-electron chi connectivity index (χ4n) is 2.12. The standard InChI is InChI=1S/C15H14N2O2/c1-4-9-16-14(18)11(3)17-10(2)12-7-5-6-8-13(12)15(17)19/h1,5-8,11H,2,9H2,3H3,(H,16,18). The van der Waals surface area contributed by atoms with E-state index in [0.717, 1.165) is 5.56 Å². The van der Waals surface area contributed by atoms with E-state index in [1.54, 1.807) is 19.1 Å². The van der Waals surface area contributed by atoms with Gasteiger partial charge in [0.15, 0.2) is 0 Å². The minimum Gasteiger partial charge on any atom is -0.343 e. The number of benzene rings is 1. The van der Waals surface area contributed by atoms with Crippen molar-refractivity contribution in [2.24, 2.45) is 0 Å². The van der Waals surface area contributed by atoms with Crippen LogP contribution in [0.5, 0.6) is 0 Å². The van der Waals surface area contributed by atoms with Crippen LogP contribution in [0.1, 0.15) is 22.8 Å². The first-order valence-corrected chi connectivity index (χ1v) is 5.91. The van der Waals surface area contributed by atoms with Gasteiger partial charge in [-0.2, -0.15) is 0 Å². The van der Waals surface area contributed by atoms with Crippen LogP contribution in [0.2, 0.25) is 0 Å². The number of carbonyl (C=O) groups is 2. The summed E-state index contributed by atoms with van der Waals surface area (Å²) in [6.07, 6.45) is 5.09. The third-order valence-corrected chi connectivity index (χ3v) is 3.11. The molecule has 1 aliphatic heterocycles. The Bertz CT molecular complexity index is 563. The molecule has 1 N–H and O–H groups in total. The second-order valence-corrected chi connectivity index (χ2v) is 4.27. The second-order valence-electron chi connectivity index (χ2n) is 4.27. The van der Waals surface area contributed by atoms with Gasteiger partial charge < -0.3 is 5.32 Å². The summed E-state index contributed by atoms with van der Waals surface area (Å²) in [6, 6.07) is 6.54. The first-order chi connectivity index (χ1) is 9.07. The zero-order valence-corrected chi connectivity index (χ0v) is 10.6. The van der Waals surface area contributed by atoms with Crippen molar-refractivity contribution in [3.8, 4) is 12.3 Å². The molecule has 1 heterocycles. The van der Waals surface area contributed by atoms with E-state index in [2.05, 4.69) is 17.8 Å². The van der Waals surface area contributed by atoms with Crippen molar-refractivity contribution in [3.05, 3.63) is 42.0 Å². The van der Waals surface area contributed by atoms with Gasteiger partial charge in [-0.25, -0.2) is 0 Å². The Kier molecular flexibility index (Phi) is 3.39. The van der Waals surface area contributed by atoms with Gasteiger partial charge >= 0.3 is 0 Å². The van der Waals surface area contributed by atoms with Crippen LogP contribution in [0.15, 0.2) is 30.8 Å². The third kappa shape index (κ3) is 2.11. The summed E-state index contributed by atoms with van der Waals surface area (Å²) in [5.74, 6) is 1.83. The van der Waals surface area contributed by atoms with Gasteiger partial charge in [-0.05, 0) is 13.0 Å². The lowest BCUT2D eigenvalue weighted by atomic mass is 10.1. The van der Waals surface area contributed by atoms with Crippen molar-refractivity contribution in [2.45, 2.75) is 13.0 Å². The summed E-state index contributed by atoms with van der Waals surface area (Å²) >= 11 is 0. The van der Waals surface area contributed by atoms with E-state index in [0.29, 0.717) is 11.3 Å². The molecular formula is C15H14N2O2. The van der Waals surface area contributed by atoms with E-state index in [4.69, 9.17) is 6.42 Å². The number of hydrogen-bond acceptors (Lipinski definition) is 2. The quantitative estimate of drug-likeness (QED) is 0.825. The Morgan fingerprint density at radius 2 is 2.11 bits per heavy atom. The monoisotopic (exact) mass is 254 g/mol. The highest BCUT2D eigenvalue weighted by Crippen LogP contribution is 2.32. The van der Waals surface area contributed by atoms with Crippen molar-refractivity contribution in [3.63, 3.8) is 0 Å². The van der Waals surface area contributed by atoms with Crippen molar-refractivity contribution in [2.75, 3.05) is 6.54 Å². The van der Waals surface area contributed by atoms with Gasteiger partial charge in [0, 0.05) is 16.8 Å². The van der Waals surface area contributed by atoms with Crippen LogP contribution in [-0.4, -0.2) is 29.3 Å². The van der Waals surface area contributed by atoms with Gasteiger partial charge in [0.1, 0.15) is 6.04 Å². The van der Waals surface area contributed by atoms with Gasteiger partial charge in [-0.3, -0.25) is 14.5 Å². The first-order valence-electron chi connectivity index (χ1n) is 5.91. The largest absolute Gasteiger partial charge is 0.343 e. The van der Waals surface area contributed by atoms with E-state index in [-0.39, 0.29) is 18.4 Å². The first kappa shape index (κ1) is 12.9. The van der Waals surface area contributed by atoms with E-state index >= 15 is 0 Å². The van der Waals surface area contributed by atoms with Gasteiger partial charge in [-0.15, -0.1) is 6.42 Å². The molecule has 0 aromatic heterocycles. The molecule has 2 amide bonds. The minimum absolute atomic E-state index is 0.143. The van der Waals surface area contributed by atoms with Gasteiger partial charge in [0.2, 0.25) is 5.91 Å². The molecule has 96 valence electrons. The smallest absolute Gasteiger partial charge is 0.259 e. The molecule has 2 rings (SSSR count). The molecule has 4 nitrogen and oxygen atoms in total. The highest BCUT2D eigenvalue weighted by Gasteiger charge is 2.36. The second kappa shape index (κ2) is 4.99. The third-order valence-electron chi connectivity index (χ3n) is 3.11. The average Bonchev–Trinajstić information content (AvgIpc) is 2.68. The number of amides is 2. The van der Waals surface area contributed by atoms with Crippen molar-refractivity contribution in [1.29, 1.82) is 0 Å². The molecule has 0 bridgehead atoms. The lowest BCUT2D eigenvalue weighted by molar-refractivity contribution is -0.123. The Labute approximate surface area is 112 Å². The molecule has 0 radical (unpaired) electrons. The predicted molar refractivity (Wildman–Crippen MR) is 73.0 cm³/mol. The number of hydrogen-bond donors (Lipinski definition) is 1. The molecule has 1 aromatic rings. The van der Waals surface area contributed by atoms with Crippen molar-refractivity contribution >= 4 is 17.5 Å². The Hall–Kier alpha value is -2.54.